The molecule has 2 rings (SSSR count). The number of anilines is 1. The van der Waals surface area contributed by atoms with Crippen LogP contribution >= 0.6 is 11.6 Å². The van der Waals surface area contributed by atoms with Gasteiger partial charge in [-0.2, -0.15) is 0 Å². The molecule has 2 amide bonds. The highest BCUT2D eigenvalue weighted by atomic mass is 35.5. The van der Waals surface area contributed by atoms with Crippen LogP contribution in [0.15, 0.2) is 42.5 Å². The SMILES string of the molecule is Cc1cccc(N(CCCC(=O)N(Cc2cccc(Cl)c2)[C@@H](C)C(=O)NC(C)C)S(C)(=O)=O)c1C. The first kappa shape index (κ1) is 28.7. The smallest absolute Gasteiger partial charge is 0.242 e. The molecule has 2 aromatic rings. The van der Waals surface area contributed by atoms with Crippen molar-refractivity contribution in [2.45, 2.75) is 66.1 Å². The highest BCUT2D eigenvalue weighted by molar-refractivity contribution is 7.92. The molecule has 1 atom stereocenters. The van der Waals surface area contributed by atoms with Gasteiger partial charge in [-0.25, -0.2) is 8.42 Å². The van der Waals surface area contributed by atoms with Crippen molar-refractivity contribution in [2.24, 2.45) is 0 Å². The molecule has 0 aliphatic rings. The summed E-state index contributed by atoms with van der Waals surface area (Å²) < 4.78 is 26.4. The highest BCUT2D eigenvalue weighted by Crippen LogP contribution is 2.25. The van der Waals surface area contributed by atoms with Gasteiger partial charge in [-0.1, -0.05) is 35.9 Å². The number of halogens is 1. The van der Waals surface area contributed by atoms with Gasteiger partial charge in [0, 0.05) is 30.6 Å². The van der Waals surface area contributed by atoms with Crippen LogP contribution in [-0.2, 0) is 26.2 Å². The van der Waals surface area contributed by atoms with Crippen molar-refractivity contribution in [1.82, 2.24) is 10.2 Å². The molecule has 0 aliphatic carbocycles. The van der Waals surface area contributed by atoms with Gasteiger partial charge in [0.15, 0.2) is 0 Å². The molecular formula is C26H36ClN3O4S. The lowest BCUT2D eigenvalue weighted by Crippen LogP contribution is -2.49. The summed E-state index contributed by atoms with van der Waals surface area (Å²) in [6, 6.07) is 11.9. The first-order valence-electron chi connectivity index (χ1n) is 11.7. The standard InChI is InChI=1S/C26H36ClN3O4S/c1-18(2)28-26(32)21(5)29(17-22-11-8-12-23(27)16-22)25(31)14-9-15-30(35(6,33)34)24-13-7-10-19(3)20(24)4/h7-8,10-13,16,18,21H,9,14-15,17H2,1-6H3,(H,28,32)/t21-/m0/s1. The van der Waals surface area contributed by atoms with Gasteiger partial charge in [0.25, 0.3) is 0 Å². The fraction of sp³-hybridized carbons (Fsp3) is 0.462. The third-order valence-electron chi connectivity index (χ3n) is 5.84. The Labute approximate surface area is 214 Å². The maximum Gasteiger partial charge on any atom is 0.242 e. The van der Waals surface area contributed by atoms with Crippen LogP contribution in [0.1, 0.15) is 50.3 Å². The first-order chi connectivity index (χ1) is 16.3. The summed E-state index contributed by atoms with van der Waals surface area (Å²) in [4.78, 5) is 27.5. The largest absolute Gasteiger partial charge is 0.352 e. The summed E-state index contributed by atoms with van der Waals surface area (Å²) in [5.74, 6) is -0.477. The molecule has 0 saturated heterocycles. The number of benzene rings is 2. The van der Waals surface area contributed by atoms with Crippen molar-refractivity contribution in [2.75, 3.05) is 17.1 Å². The second-order valence-corrected chi connectivity index (χ2v) is 11.5. The van der Waals surface area contributed by atoms with E-state index in [0.717, 1.165) is 16.7 Å². The van der Waals surface area contributed by atoms with E-state index in [1.54, 1.807) is 31.2 Å². The zero-order valence-electron chi connectivity index (χ0n) is 21.3. The van der Waals surface area contributed by atoms with Crippen molar-refractivity contribution in [1.29, 1.82) is 0 Å². The summed E-state index contributed by atoms with van der Waals surface area (Å²) in [6.45, 7) is 9.61. The minimum Gasteiger partial charge on any atom is -0.352 e. The summed E-state index contributed by atoms with van der Waals surface area (Å²) in [7, 11) is -3.54. The number of amides is 2. The molecule has 35 heavy (non-hydrogen) atoms. The van der Waals surface area contributed by atoms with Crippen molar-refractivity contribution < 1.29 is 18.0 Å². The molecule has 0 radical (unpaired) electrons. The van der Waals surface area contributed by atoms with Gasteiger partial charge in [-0.3, -0.25) is 13.9 Å². The first-order valence-corrected chi connectivity index (χ1v) is 13.9. The Morgan fingerprint density at radius 2 is 1.71 bits per heavy atom. The van der Waals surface area contributed by atoms with Crippen LogP contribution in [0.3, 0.4) is 0 Å². The summed E-state index contributed by atoms with van der Waals surface area (Å²) in [5.41, 5.74) is 3.29. The zero-order valence-corrected chi connectivity index (χ0v) is 22.9. The maximum atomic E-state index is 13.3. The van der Waals surface area contributed by atoms with E-state index >= 15 is 0 Å². The Hall–Kier alpha value is -2.58. The molecule has 0 spiro atoms. The van der Waals surface area contributed by atoms with Gasteiger partial charge in [-0.05, 0) is 75.9 Å². The molecular weight excluding hydrogens is 486 g/mol. The number of carbonyl (C=O) groups excluding carboxylic acids is 2. The van der Waals surface area contributed by atoms with Crippen LogP contribution in [-0.4, -0.2) is 50.0 Å². The van der Waals surface area contributed by atoms with E-state index in [9.17, 15) is 18.0 Å². The predicted octanol–water partition coefficient (Wildman–Crippen LogP) is 4.44. The average molecular weight is 522 g/mol. The van der Waals surface area contributed by atoms with Crippen LogP contribution in [0.25, 0.3) is 0 Å². The zero-order chi connectivity index (χ0) is 26.3. The molecule has 0 unspecified atom stereocenters. The lowest BCUT2D eigenvalue weighted by molar-refractivity contribution is -0.140. The number of hydrogen-bond donors (Lipinski definition) is 1. The minimum atomic E-state index is -3.54. The number of carbonyl (C=O) groups is 2. The number of hydrogen-bond acceptors (Lipinski definition) is 4. The average Bonchev–Trinajstić information content (AvgIpc) is 2.75. The molecule has 9 heteroatoms. The highest BCUT2D eigenvalue weighted by Gasteiger charge is 2.27. The Kier molecular flexibility index (Phi) is 10.2. The van der Waals surface area contributed by atoms with Gasteiger partial charge in [0.05, 0.1) is 11.9 Å². The van der Waals surface area contributed by atoms with E-state index in [-0.39, 0.29) is 37.4 Å². The number of sulfonamides is 1. The Morgan fingerprint density at radius 1 is 1.06 bits per heavy atom. The normalized spacial score (nSPS) is 12.3. The second kappa shape index (κ2) is 12.4. The van der Waals surface area contributed by atoms with E-state index < -0.39 is 16.1 Å². The molecule has 0 bridgehead atoms. The van der Waals surface area contributed by atoms with Crippen LogP contribution in [0, 0.1) is 13.8 Å². The third kappa shape index (κ3) is 8.25. The van der Waals surface area contributed by atoms with Crippen molar-refractivity contribution in [3.8, 4) is 0 Å². The van der Waals surface area contributed by atoms with Crippen molar-refractivity contribution >= 4 is 39.1 Å². The van der Waals surface area contributed by atoms with Crippen molar-refractivity contribution in [3.05, 3.63) is 64.2 Å². The monoisotopic (exact) mass is 521 g/mol. The maximum absolute atomic E-state index is 13.3. The predicted molar refractivity (Wildman–Crippen MR) is 142 cm³/mol. The number of nitrogens with zero attached hydrogens (tertiary/aromatic N) is 2. The molecule has 0 aliphatic heterocycles. The molecule has 0 fully saturated rings. The Bertz CT molecular complexity index is 1150. The lowest BCUT2D eigenvalue weighted by Gasteiger charge is -2.30. The van der Waals surface area contributed by atoms with Gasteiger partial charge in [-0.15, -0.1) is 0 Å². The van der Waals surface area contributed by atoms with Gasteiger partial charge >= 0.3 is 0 Å². The quantitative estimate of drug-likeness (QED) is 0.473. The number of aryl methyl sites for hydroxylation is 1. The fourth-order valence-electron chi connectivity index (χ4n) is 3.81. The minimum absolute atomic E-state index is 0.0611. The molecule has 0 saturated carbocycles. The Morgan fingerprint density at radius 3 is 2.31 bits per heavy atom. The van der Waals surface area contributed by atoms with Crippen LogP contribution in [0.2, 0.25) is 5.02 Å². The second-order valence-electron chi connectivity index (χ2n) is 9.15. The van der Waals surface area contributed by atoms with Gasteiger partial charge in [0.2, 0.25) is 21.8 Å². The molecule has 7 nitrogen and oxygen atoms in total. The van der Waals surface area contributed by atoms with Crippen LogP contribution in [0.4, 0.5) is 5.69 Å². The third-order valence-corrected chi connectivity index (χ3v) is 7.25. The van der Waals surface area contributed by atoms with E-state index in [1.807, 2.05) is 45.9 Å². The molecule has 0 heterocycles. The van der Waals surface area contributed by atoms with Crippen LogP contribution in [0.5, 0.6) is 0 Å². The number of rotatable bonds is 11. The summed E-state index contributed by atoms with van der Waals surface area (Å²) in [6.07, 6.45) is 1.57. The van der Waals surface area contributed by atoms with Gasteiger partial charge in [0.1, 0.15) is 6.04 Å². The number of nitrogens with one attached hydrogen (secondary N) is 1. The van der Waals surface area contributed by atoms with Crippen molar-refractivity contribution in [3.63, 3.8) is 0 Å². The molecule has 192 valence electrons. The molecule has 2 aromatic carbocycles. The fourth-order valence-corrected chi connectivity index (χ4v) is 5.04. The van der Waals surface area contributed by atoms with E-state index in [2.05, 4.69) is 5.32 Å². The Balaban J connectivity index is 2.21. The molecule has 0 aromatic heterocycles. The topological polar surface area (TPSA) is 86.8 Å². The lowest BCUT2D eigenvalue weighted by atomic mass is 10.1. The van der Waals surface area contributed by atoms with E-state index in [0.29, 0.717) is 17.1 Å². The van der Waals surface area contributed by atoms with Gasteiger partial charge < -0.3 is 10.2 Å². The molecule has 1 N–H and O–H groups in total. The summed E-state index contributed by atoms with van der Waals surface area (Å²) in [5, 5.41) is 3.40. The van der Waals surface area contributed by atoms with E-state index in [1.165, 1.54) is 15.5 Å². The summed E-state index contributed by atoms with van der Waals surface area (Å²) >= 11 is 6.12. The van der Waals surface area contributed by atoms with E-state index in [4.69, 9.17) is 11.6 Å². The van der Waals surface area contributed by atoms with Crippen LogP contribution < -0.4 is 9.62 Å².